The van der Waals surface area contributed by atoms with Crippen molar-refractivity contribution in [3.63, 3.8) is 0 Å². The molecule has 0 aliphatic heterocycles. The van der Waals surface area contributed by atoms with Gasteiger partial charge in [-0.15, -0.1) is 0 Å². The van der Waals surface area contributed by atoms with Crippen molar-refractivity contribution in [2.45, 2.75) is 13.8 Å². The second kappa shape index (κ2) is 5.45. The van der Waals surface area contributed by atoms with E-state index in [9.17, 15) is 4.79 Å². The highest BCUT2D eigenvalue weighted by Crippen LogP contribution is 2.23. The van der Waals surface area contributed by atoms with Gasteiger partial charge in [0.05, 0.1) is 0 Å². The number of carbonyl (C=O) groups is 1. The summed E-state index contributed by atoms with van der Waals surface area (Å²) in [6, 6.07) is 11.0. The minimum absolute atomic E-state index is 0.122. The Balaban J connectivity index is 2.26. The lowest BCUT2D eigenvalue weighted by Crippen LogP contribution is -2.14. The molecule has 0 unspecified atom stereocenters. The number of halogens is 1. The SMILES string of the molecule is Cc1cccc(C(=O)Nc2ccc(Br)c(N)c2)c1C. The van der Waals surface area contributed by atoms with Crippen molar-refractivity contribution in [1.82, 2.24) is 0 Å². The Kier molecular flexibility index (Phi) is 3.90. The highest BCUT2D eigenvalue weighted by atomic mass is 79.9. The predicted octanol–water partition coefficient (Wildman–Crippen LogP) is 3.90. The molecule has 4 heteroatoms. The van der Waals surface area contributed by atoms with E-state index in [4.69, 9.17) is 5.73 Å². The fraction of sp³-hybridized carbons (Fsp3) is 0.133. The molecule has 3 nitrogen and oxygen atoms in total. The quantitative estimate of drug-likeness (QED) is 0.825. The van der Waals surface area contributed by atoms with Crippen LogP contribution in [0.3, 0.4) is 0 Å². The predicted molar refractivity (Wildman–Crippen MR) is 82.4 cm³/mol. The Morgan fingerprint density at radius 3 is 2.63 bits per heavy atom. The summed E-state index contributed by atoms with van der Waals surface area (Å²) >= 11 is 3.32. The first kappa shape index (κ1) is 13.6. The second-order valence-corrected chi connectivity index (χ2v) is 5.29. The molecule has 0 saturated heterocycles. The van der Waals surface area contributed by atoms with Gasteiger partial charge in [0.1, 0.15) is 0 Å². The molecule has 2 rings (SSSR count). The first-order valence-corrected chi connectivity index (χ1v) is 6.71. The Hall–Kier alpha value is -1.81. The molecular formula is C15H15BrN2O. The average molecular weight is 319 g/mol. The number of aryl methyl sites for hydroxylation is 1. The van der Waals surface area contributed by atoms with Gasteiger partial charge in [-0.3, -0.25) is 4.79 Å². The number of carbonyl (C=O) groups excluding carboxylic acids is 1. The van der Waals surface area contributed by atoms with Gasteiger partial charge in [-0.25, -0.2) is 0 Å². The van der Waals surface area contributed by atoms with E-state index in [1.165, 1.54) is 0 Å². The number of anilines is 2. The zero-order valence-electron chi connectivity index (χ0n) is 10.8. The summed E-state index contributed by atoms with van der Waals surface area (Å²) in [6.45, 7) is 3.93. The Morgan fingerprint density at radius 2 is 1.95 bits per heavy atom. The van der Waals surface area contributed by atoms with Crippen LogP contribution in [0.5, 0.6) is 0 Å². The molecule has 1 amide bonds. The molecule has 0 fully saturated rings. The number of hydrogen-bond acceptors (Lipinski definition) is 2. The van der Waals surface area contributed by atoms with Crippen molar-refractivity contribution in [3.8, 4) is 0 Å². The van der Waals surface area contributed by atoms with Gasteiger partial charge in [-0.2, -0.15) is 0 Å². The van der Waals surface area contributed by atoms with Gasteiger partial charge in [0.25, 0.3) is 5.91 Å². The van der Waals surface area contributed by atoms with Gasteiger partial charge in [0.15, 0.2) is 0 Å². The fourth-order valence-electron chi connectivity index (χ4n) is 1.82. The first-order valence-electron chi connectivity index (χ1n) is 5.91. The molecule has 0 aliphatic carbocycles. The molecular weight excluding hydrogens is 304 g/mol. The van der Waals surface area contributed by atoms with Gasteiger partial charge in [0, 0.05) is 21.4 Å². The smallest absolute Gasteiger partial charge is 0.255 e. The summed E-state index contributed by atoms with van der Waals surface area (Å²) in [4.78, 5) is 12.2. The van der Waals surface area contributed by atoms with Crippen LogP contribution in [0.15, 0.2) is 40.9 Å². The monoisotopic (exact) mass is 318 g/mol. The van der Waals surface area contributed by atoms with Crippen molar-refractivity contribution in [2.24, 2.45) is 0 Å². The number of rotatable bonds is 2. The van der Waals surface area contributed by atoms with Crippen LogP contribution in [-0.4, -0.2) is 5.91 Å². The largest absolute Gasteiger partial charge is 0.398 e. The number of nitrogen functional groups attached to an aromatic ring is 1. The van der Waals surface area contributed by atoms with Crippen LogP contribution < -0.4 is 11.1 Å². The number of nitrogens with one attached hydrogen (secondary N) is 1. The standard InChI is InChI=1S/C15H15BrN2O/c1-9-4-3-5-12(10(9)2)15(19)18-11-6-7-13(16)14(17)8-11/h3-8H,17H2,1-2H3,(H,18,19). The molecule has 2 aromatic rings. The van der Waals surface area contributed by atoms with Gasteiger partial charge >= 0.3 is 0 Å². The maximum absolute atomic E-state index is 12.2. The molecule has 0 aromatic heterocycles. The summed E-state index contributed by atoms with van der Waals surface area (Å²) in [5.41, 5.74) is 9.85. The molecule has 98 valence electrons. The van der Waals surface area contributed by atoms with Crippen molar-refractivity contribution in [1.29, 1.82) is 0 Å². The molecule has 3 N–H and O–H groups in total. The normalized spacial score (nSPS) is 10.3. The summed E-state index contributed by atoms with van der Waals surface area (Å²) in [5.74, 6) is -0.122. The van der Waals surface area contributed by atoms with Gasteiger partial charge in [0.2, 0.25) is 0 Å². The fourth-order valence-corrected chi connectivity index (χ4v) is 2.06. The zero-order valence-corrected chi connectivity index (χ0v) is 12.4. The van der Waals surface area contributed by atoms with E-state index in [2.05, 4.69) is 21.2 Å². The number of benzene rings is 2. The molecule has 2 aromatic carbocycles. The topological polar surface area (TPSA) is 55.1 Å². The molecule has 19 heavy (non-hydrogen) atoms. The number of hydrogen-bond donors (Lipinski definition) is 2. The summed E-state index contributed by atoms with van der Waals surface area (Å²) in [7, 11) is 0. The lowest BCUT2D eigenvalue weighted by atomic mass is 10.0. The van der Waals surface area contributed by atoms with Crippen LogP contribution in [0.25, 0.3) is 0 Å². The van der Waals surface area contributed by atoms with Crippen LogP contribution in [-0.2, 0) is 0 Å². The second-order valence-electron chi connectivity index (χ2n) is 4.44. The molecule has 0 atom stereocenters. The van der Waals surface area contributed by atoms with Crippen molar-refractivity contribution in [3.05, 3.63) is 57.6 Å². The van der Waals surface area contributed by atoms with Crippen molar-refractivity contribution >= 4 is 33.2 Å². The molecule has 0 radical (unpaired) electrons. The van der Waals surface area contributed by atoms with Gasteiger partial charge < -0.3 is 11.1 Å². The van der Waals surface area contributed by atoms with Crippen LogP contribution >= 0.6 is 15.9 Å². The van der Waals surface area contributed by atoms with E-state index >= 15 is 0 Å². The highest BCUT2D eigenvalue weighted by molar-refractivity contribution is 9.10. The van der Waals surface area contributed by atoms with Crippen LogP contribution in [0.1, 0.15) is 21.5 Å². The summed E-state index contributed by atoms with van der Waals surface area (Å²) < 4.78 is 0.817. The summed E-state index contributed by atoms with van der Waals surface area (Å²) in [5, 5.41) is 2.85. The Labute approximate surface area is 121 Å². The molecule has 0 heterocycles. The maximum atomic E-state index is 12.2. The Bertz CT molecular complexity index is 638. The number of nitrogens with two attached hydrogens (primary N) is 1. The third-order valence-corrected chi connectivity index (χ3v) is 3.83. The molecule has 0 aliphatic rings. The van der Waals surface area contributed by atoms with E-state index in [1.54, 1.807) is 6.07 Å². The van der Waals surface area contributed by atoms with Crippen LogP contribution in [0.2, 0.25) is 0 Å². The third-order valence-electron chi connectivity index (χ3n) is 3.10. The van der Waals surface area contributed by atoms with E-state index in [0.29, 0.717) is 16.9 Å². The number of amides is 1. The van der Waals surface area contributed by atoms with Gasteiger partial charge in [-0.1, -0.05) is 12.1 Å². The molecule has 0 saturated carbocycles. The highest BCUT2D eigenvalue weighted by Gasteiger charge is 2.10. The van der Waals surface area contributed by atoms with Crippen LogP contribution in [0.4, 0.5) is 11.4 Å². The van der Waals surface area contributed by atoms with E-state index in [0.717, 1.165) is 15.6 Å². The van der Waals surface area contributed by atoms with E-state index < -0.39 is 0 Å². The minimum atomic E-state index is -0.122. The van der Waals surface area contributed by atoms with E-state index in [-0.39, 0.29) is 5.91 Å². The average Bonchev–Trinajstić information content (AvgIpc) is 2.37. The van der Waals surface area contributed by atoms with Gasteiger partial charge in [-0.05, 0) is 65.2 Å². The van der Waals surface area contributed by atoms with Crippen LogP contribution in [0, 0.1) is 13.8 Å². The van der Waals surface area contributed by atoms with Crippen molar-refractivity contribution in [2.75, 3.05) is 11.1 Å². The first-order chi connectivity index (χ1) is 8.99. The molecule has 0 bridgehead atoms. The third kappa shape index (κ3) is 2.96. The Morgan fingerprint density at radius 1 is 1.21 bits per heavy atom. The lowest BCUT2D eigenvalue weighted by molar-refractivity contribution is 0.102. The lowest BCUT2D eigenvalue weighted by Gasteiger charge is -2.10. The summed E-state index contributed by atoms with van der Waals surface area (Å²) in [6.07, 6.45) is 0. The molecule has 0 spiro atoms. The van der Waals surface area contributed by atoms with Crippen molar-refractivity contribution < 1.29 is 4.79 Å². The zero-order chi connectivity index (χ0) is 14.0. The minimum Gasteiger partial charge on any atom is -0.398 e. The van der Waals surface area contributed by atoms with E-state index in [1.807, 2.05) is 44.2 Å². The maximum Gasteiger partial charge on any atom is 0.255 e.